The van der Waals surface area contributed by atoms with E-state index in [4.69, 9.17) is 5.11 Å². The van der Waals surface area contributed by atoms with Crippen molar-refractivity contribution >= 4 is 27.8 Å². The molecule has 104 valence electrons. The minimum absolute atomic E-state index is 0.0342. The van der Waals surface area contributed by atoms with E-state index in [1.807, 2.05) is 24.3 Å². The van der Waals surface area contributed by atoms with E-state index in [0.717, 1.165) is 10.0 Å². The standard InChI is InChI=1S/C14H18BrNO3/c1-10(14(18)19)9-16(2)13(17)7-6-11-4-3-5-12(15)8-11/h3-5,8,10H,6-7,9H2,1-2H3,(H,18,19). The molecule has 0 aliphatic rings. The Labute approximate surface area is 121 Å². The molecule has 0 saturated heterocycles. The maximum absolute atomic E-state index is 11.9. The molecule has 0 spiro atoms. The lowest BCUT2D eigenvalue weighted by Crippen LogP contribution is -2.33. The maximum Gasteiger partial charge on any atom is 0.308 e. The molecular formula is C14H18BrNO3. The third kappa shape index (κ3) is 5.42. The van der Waals surface area contributed by atoms with Crippen molar-refractivity contribution < 1.29 is 14.7 Å². The zero-order chi connectivity index (χ0) is 14.4. The topological polar surface area (TPSA) is 57.6 Å². The highest BCUT2D eigenvalue weighted by molar-refractivity contribution is 9.10. The van der Waals surface area contributed by atoms with Crippen molar-refractivity contribution in [3.05, 3.63) is 34.3 Å². The zero-order valence-electron chi connectivity index (χ0n) is 11.1. The van der Waals surface area contributed by atoms with E-state index >= 15 is 0 Å². The van der Waals surface area contributed by atoms with E-state index in [1.165, 1.54) is 4.90 Å². The summed E-state index contributed by atoms with van der Waals surface area (Å²) in [5, 5.41) is 8.81. The first-order valence-corrected chi connectivity index (χ1v) is 6.90. The van der Waals surface area contributed by atoms with Crippen LogP contribution in [-0.2, 0) is 16.0 Å². The molecule has 0 fully saturated rings. The van der Waals surface area contributed by atoms with Crippen LogP contribution in [0.15, 0.2) is 28.7 Å². The van der Waals surface area contributed by atoms with Crippen molar-refractivity contribution in [1.82, 2.24) is 4.90 Å². The number of aliphatic carboxylic acids is 1. The van der Waals surface area contributed by atoms with Crippen LogP contribution in [-0.4, -0.2) is 35.5 Å². The van der Waals surface area contributed by atoms with Gasteiger partial charge < -0.3 is 10.0 Å². The monoisotopic (exact) mass is 327 g/mol. The molecule has 1 amide bonds. The highest BCUT2D eigenvalue weighted by Crippen LogP contribution is 2.13. The van der Waals surface area contributed by atoms with Gasteiger partial charge in [-0.25, -0.2) is 0 Å². The highest BCUT2D eigenvalue weighted by atomic mass is 79.9. The Hall–Kier alpha value is -1.36. The molecule has 0 heterocycles. The second kappa shape index (κ2) is 7.28. The van der Waals surface area contributed by atoms with Crippen LogP contribution in [0.5, 0.6) is 0 Å². The number of carbonyl (C=O) groups excluding carboxylic acids is 1. The van der Waals surface area contributed by atoms with Crippen molar-refractivity contribution in [3.63, 3.8) is 0 Å². The summed E-state index contributed by atoms with van der Waals surface area (Å²) in [5.74, 6) is -1.46. The molecule has 0 aromatic heterocycles. The molecule has 0 aliphatic heterocycles. The minimum atomic E-state index is -0.883. The van der Waals surface area contributed by atoms with Gasteiger partial charge in [-0.15, -0.1) is 0 Å². The number of hydrogen-bond acceptors (Lipinski definition) is 2. The number of halogens is 1. The van der Waals surface area contributed by atoms with Gasteiger partial charge in [-0.2, -0.15) is 0 Å². The minimum Gasteiger partial charge on any atom is -0.481 e. The number of rotatable bonds is 6. The fourth-order valence-corrected chi connectivity index (χ4v) is 2.17. The molecule has 5 heteroatoms. The van der Waals surface area contributed by atoms with E-state index in [9.17, 15) is 9.59 Å². The smallest absolute Gasteiger partial charge is 0.308 e. The summed E-state index contributed by atoms with van der Waals surface area (Å²) >= 11 is 3.39. The van der Waals surface area contributed by atoms with Crippen LogP contribution in [0.1, 0.15) is 18.9 Å². The predicted molar refractivity (Wildman–Crippen MR) is 76.9 cm³/mol. The van der Waals surface area contributed by atoms with Crippen LogP contribution in [0.4, 0.5) is 0 Å². The van der Waals surface area contributed by atoms with E-state index in [-0.39, 0.29) is 12.5 Å². The first-order valence-electron chi connectivity index (χ1n) is 6.11. The summed E-state index contributed by atoms with van der Waals surface area (Å²) in [6, 6.07) is 7.82. The third-order valence-electron chi connectivity index (χ3n) is 2.91. The Kier molecular flexibility index (Phi) is 6.02. The van der Waals surface area contributed by atoms with E-state index in [1.54, 1.807) is 14.0 Å². The Morgan fingerprint density at radius 3 is 2.68 bits per heavy atom. The van der Waals surface area contributed by atoms with Gasteiger partial charge in [0.1, 0.15) is 0 Å². The molecule has 1 rings (SSSR count). The zero-order valence-corrected chi connectivity index (χ0v) is 12.7. The second-order valence-corrected chi connectivity index (χ2v) is 5.56. The molecule has 4 nitrogen and oxygen atoms in total. The van der Waals surface area contributed by atoms with Crippen molar-refractivity contribution in [2.24, 2.45) is 5.92 Å². The van der Waals surface area contributed by atoms with E-state index in [2.05, 4.69) is 15.9 Å². The van der Waals surface area contributed by atoms with Gasteiger partial charge in [0.2, 0.25) is 5.91 Å². The molecule has 0 bridgehead atoms. The average molecular weight is 328 g/mol. The Morgan fingerprint density at radius 1 is 1.42 bits per heavy atom. The van der Waals surface area contributed by atoms with Gasteiger partial charge in [-0.3, -0.25) is 9.59 Å². The fourth-order valence-electron chi connectivity index (χ4n) is 1.73. The van der Waals surface area contributed by atoms with Gasteiger partial charge in [-0.05, 0) is 24.1 Å². The first-order chi connectivity index (χ1) is 8.90. The van der Waals surface area contributed by atoms with E-state index < -0.39 is 11.9 Å². The predicted octanol–water partition coefficient (Wildman–Crippen LogP) is 2.56. The maximum atomic E-state index is 11.9. The van der Waals surface area contributed by atoms with Gasteiger partial charge in [0.15, 0.2) is 0 Å². The van der Waals surface area contributed by atoms with Crippen molar-refractivity contribution in [3.8, 4) is 0 Å². The number of aryl methyl sites for hydroxylation is 1. The quantitative estimate of drug-likeness (QED) is 0.873. The van der Waals surface area contributed by atoms with Gasteiger partial charge in [0, 0.05) is 24.5 Å². The number of carboxylic acids is 1. The molecule has 0 saturated carbocycles. The molecule has 1 unspecified atom stereocenters. The number of hydrogen-bond donors (Lipinski definition) is 1. The average Bonchev–Trinajstić information content (AvgIpc) is 2.35. The summed E-state index contributed by atoms with van der Waals surface area (Å²) in [6.07, 6.45) is 1.04. The number of carboxylic acid groups (broad SMARTS) is 1. The molecule has 1 N–H and O–H groups in total. The summed E-state index contributed by atoms with van der Waals surface area (Å²) in [4.78, 5) is 24.1. The molecule has 1 atom stereocenters. The summed E-state index contributed by atoms with van der Waals surface area (Å²) < 4.78 is 0.991. The summed E-state index contributed by atoms with van der Waals surface area (Å²) in [5.41, 5.74) is 1.09. The number of amides is 1. The van der Waals surface area contributed by atoms with Crippen molar-refractivity contribution in [2.45, 2.75) is 19.8 Å². The number of carbonyl (C=O) groups is 2. The molecule has 1 aromatic rings. The summed E-state index contributed by atoms with van der Waals surface area (Å²) in [7, 11) is 1.64. The lowest BCUT2D eigenvalue weighted by Gasteiger charge is -2.19. The molecular weight excluding hydrogens is 310 g/mol. The van der Waals surface area contributed by atoms with E-state index in [0.29, 0.717) is 12.8 Å². The van der Waals surface area contributed by atoms with Gasteiger partial charge in [0.05, 0.1) is 5.92 Å². The normalized spacial score (nSPS) is 11.9. The number of benzene rings is 1. The summed E-state index contributed by atoms with van der Waals surface area (Å²) in [6.45, 7) is 1.84. The van der Waals surface area contributed by atoms with Crippen LogP contribution < -0.4 is 0 Å². The first kappa shape index (κ1) is 15.7. The third-order valence-corrected chi connectivity index (χ3v) is 3.40. The molecule has 1 aromatic carbocycles. The van der Waals surface area contributed by atoms with Crippen LogP contribution >= 0.6 is 15.9 Å². The Bertz CT molecular complexity index is 462. The molecule has 0 aliphatic carbocycles. The van der Waals surface area contributed by atoms with Crippen LogP contribution in [0.3, 0.4) is 0 Å². The molecule has 0 radical (unpaired) electrons. The van der Waals surface area contributed by atoms with Crippen molar-refractivity contribution in [2.75, 3.05) is 13.6 Å². The lowest BCUT2D eigenvalue weighted by molar-refractivity contribution is -0.142. The second-order valence-electron chi connectivity index (χ2n) is 4.64. The highest BCUT2D eigenvalue weighted by Gasteiger charge is 2.17. The Morgan fingerprint density at radius 2 is 2.11 bits per heavy atom. The van der Waals surface area contributed by atoms with Gasteiger partial charge in [0.25, 0.3) is 0 Å². The van der Waals surface area contributed by atoms with Crippen LogP contribution in [0.2, 0.25) is 0 Å². The van der Waals surface area contributed by atoms with Crippen molar-refractivity contribution in [1.29, 1.82) is 0 Å². The van der Waals surface area contributed by atoms with Crippen LogP contribution in [0, 0.1) is 5.92 Å². The largest absolute Gasteiger partial charge is 0.481 e. The number of nitrogens with zero attached hydrogens (tertiary/aromatic N) is 1. The fraction of sp³-hybridized carbons (Fsp3) is 0.429. The van der Waals surface area contributed by atoms with Crippen LogP contribution in [0.25, 0.3) is 0 Å². The SMILES string of the molecule is CC(CN(C)C(=O)CCc1cccc(Br)c1)C(=O)O. The molecule has 19 heavy (non-hydrogen) atoms. The van der Waals surface area contributed by atoms with Gasteiger partial charge in [-0.1, -0.05) is 35.0 Å². The lowest BCUT2D eigenvalue weighted by atomic mass is 10.1. The van der Waals surface area contributed by atoms with Gasteiger partial charge >= 0.3 is 5.97 Å². The Balaban J connectivity index is 2.44.